The molecule has 0 aromatic rings. The van der Waals surface area contributed by atoms with Gasteiger partial charge in [-0.05, 0) is 70.6 Å². The average molecular weight is 925 g/mol. The number of aliphatic hydroxyl groups excluding tert-OH is 3. The zero-order valence-electron chi connectivity index (χ0n) is 39.6. The molecule has 1 rings (SSSR count). The van der Waals surface area contributed by atoms with Crippen molar-refractivity contribution in [2.75, 3.05) is 26.4 Å². The van der Waals surface area contributed by atoms with Crippen molar-refractivity contribution in [1.82, 2.24) is 0 Å². The lowest BCUT2D eigenvalue weighted by atomic mass is 9.99. The van der Waals surface area contributed by atoms with E-state index in [1.54, 1.807) is 0 Å². The van der Waals surface area contributed by atoms with Gasteiger partial charge in [0.1, 0.15) is 30.5 Å². The Morgan fingerprint density at radius 1 is 0.609 bits per heavy atom. The third-order valence-corrected chi connectivity index (χ3v) is 11.3. The molecular weight excluding hydrogens is 837 g/mol. The van der Waals surface area contributed by atoms with Gasteiger partial charge in [-0.2, -0.15) is 8.42 Å². The number of ether oxygens (including phenoxy) is 4. The molecule has 1 fully saturated rings. The van der Waals surface area contributed by atoms with Crippen LogP contribution < -0.4 is 0 Å². The number of hydrogen-bond acceptors (Lipinski definition) is 11. The number of aliphatic hydroxyl groups is 3. The molecule has 1 aliphatic rings. The number of allylic oxidation sites excluding steroid dienone is 11. The average Bonchev–Trinajstić information content (AvgIpc) is 3.27. The van der Waals surface area contributed by atoms with Crippen LogP contribution in [-0.2, 0) is 38.3 Å². The maximum Gasteiger partial charge on any atom is 0.397 e. The van der Waals surface area contributed by atoms with Crippen LogP contribution in [0.5, 0.6) is 0 Å². The van der Waals surface area contributed by atoms with Crippen LogP contribution in [0.3, 0.4) is 0 Å². The molecule has 0 aliphatic carbocycles. The molecule has 0 aromatic heterocycles. The van der Waals surface area contributed by atoms with Crippen molar-refractivity contribution in [2.24, 2.45) is 0 Å². The van der Waals surface area contributed by atoms with E-state index in [4.69, 9.17) is 18.9 Å². The van der Waals surface area contributed by atoms with Gasteiger partial charge in [0, 0.05) is 6.42 Å². The number of carbonyl (C=O) groups is 1. The molecule has 1 aliphatic heterocycles. The number of unbranched alkanes of at least 4 members (excludes halogenated alkanes) is 17. The Kier molecular flexibility index (Phi) is 39.0. The molecule has 1 heterocycles. The first-order valence-electron chi connectivity index (χ1n) is 24.7. The fourth-order valence-electron chi connectivity index (χ4n) is 7.14. The van der Waals surface area contributed by atoms with E-state index in [1.165, 1.54) is 96.3 Å². The van der Waals surface area contributed by atoms with Gasteiger partial charge in [-0.25, -0.2) is 4.18 Å². The summed E-state index contributed by atoms with van der Waals surface area (Å²) in [6.45, 7) is 3.65. The van der Waals surface area contributed by atoms with Gasteiger partial charge >= 0.3 is 16.4 Å². The highest BCUT2D eigenvalue weighted by Crippen LogP contribution is 2.26. The van der Waals surface area contributed by atoms with Gasteiger partial charge in [0.15, 0.2) is 6.29 Å². The molecule has 0 aromatic carbocycles. The van der Waals surface area contributed by atoms with E-state index in [0.29, 0.717) is 19.4 Å². The molecule has 0 amide bonds. The maximum atomic E-state index is 12.9. The molecule has 12 nitrogen and oxygen atoms in total. The van der Waals surface area contributed by atoms with Crippen LogP contribution in [0.25, 0.3) is 0 Å². The first kappa shape index (κ1) is 59.6. The molecule has 1 saturated heterocycles. The van der Waals surface area contributed by atoms with Gasteiger partial charge in [-0.15, -0.1) is 0 Å². The molecule has 370 valence electrons. The standard InChI is InChI=1S/C51H88O12S/c1-3-5-7-9-11-13-15-17-19-21-22-23-24-25-26-28-30-32-34-36-38-40-47(53)61-45(44-60-51-49(55)50(63-64(56,57)58)48(54)46(42-52)62-51)43-59-41-39-37-35-33-31-29-27-20-18-16-14-12-10-8-6-4-2/h6,8,12,14,18,20-22,29,31,35,37,45-46,48-52,54-55H,3-5,7,9-11,13,15-17,19,23-28,30,32-34,36,38-44H2,1-2H3,(H,56,57,58)/b8-6-,14-12-,20-18-,22-21-,31-29-,37-35-. The Bertz CT molecular complexity index is 1390. The summed E-state index contributed by atoms with van der Waals surface area (Å²) in [5.41, 5.74) is 0. The fourth-order valence-corrected chi connectivity index (χ4v) is 7.65. The summed E-state index contributed by atoms with van der Waals surface area (Å²) in [6.07, 6.45) is 45.3. The van der Waals surface area contributed by atoms with Crippen molar-refractivity contribution < 1.29 is 56.2 Å². The summed E-state index contributed by atoms with van der Waals surface area (Å²) in [6, 6.07) is 0. The topological polar surface area (TPSA) is 178 Å². The molecule has 0 saturated carbocycles. The third kappa shape index (κ3) is 34.8. The lowest BCUT2D eigenvalue weighted by molar-refractivity contribution is -0.301. The van der Waals surface area contributed by atoms with E-state index in [0.717, 1.165) is 51.4 Å². The van der Waals surface area contributed by atoms with Gasteiger partial charge in [0.25, 0.3) is 0 Å². The van der Waals surface area contributed by atoms with E-state index in [1.807, 2.05) is 6.08 Å². The summed E-state index contributed by atoms with van der Waals surface area (Å²) in [4.78, 5) is 12.9. The van der Waals surface area contributed by atoms with Crippen molar-refractivity contribution >= 4 is 16.4 Å². The van der Waals surface area contributed by atoms with Crippen LogP contribution in [0.4, 0.5) is 0 Å². The normalized spacial score (nSPS) is 20.4. The smallest absolute Gasteiger partial charge is 0.397 e. The Hall–Kier alpha value is -2.46. The summed E-state index contributed by atoms with van der Waals surface area (Å²) in [5, 5.41) is 30.7. The van der Waals surface area contributed by atoms with Gasteiger partial charge in [0.2, 0.25) is 0 Å². The number of rotatable bonds is 42. The van der Waals surface area contributed by atoms with Crippen molar-refractivity contribution in [3.63, 3.8) is 0 Å². The second-order valence-corrected chi connectivity index (χ2v) is 17.7. The second-order valence-electron chi connectivity index (χ2n) is 16.7. The predicted molar refractivity (Wildman–Crippen MR) is 257 cm³/mol. The molecule has 6 unspecified atom stereocenters. The lowest BCUT2D eigenvalue weighted by Gasteiger charge is -2.41. The Morgan fingerprint density at radius 3 is 1.58 bits per heavy atom. The minimum Gasteiger partial charge on any atom is -0.457 e. The van der Waals surface area contributed by atoms with Gasteiger partial charge < -0.3 is 34.3 Å². The molecule has 64 heavy (non-hydrogen) atoms. The predicted octanol–water partition coefficient (Wildman–Crippen LogP) is 11.1. The molecule has 4 N–H and O–H groups in total. The van der Waals surface area contributed by atoms with E-state index in [-0.39, 0.29) is 19.6 Å². The van der Waals surface area contributed by atoms with Gasteiger partial charge in [0.05, 0.1) is 26.4 Å². The largest absolute Gasteiger partial charge is 0.457 e. The first-order valence-corrected chi connectivity index (χ1v) is 26.1. The van der Waals surface area contributed by atoms with Crippen LogP contribution in [0.1, 0.15) is 181 Å². The highest BCUT2D eigenvalue weighted by atomic mass is 32.3. The van der Waals surface area contributed by atoms with Crippen molar-refractivity contribution in [3.8, 4) is 0 Å². The molecule has 0 spiro atoms. The number of esters is 1. The quantitative estimate of drug-likeness (QED) is 0.0197. The highest BCUT2D eigenvalue weighted by Gasteiger charge is 2.48. The molecule has 0 bridgehead atoms. The molecule has 13 heteroatoms. The van der Waals surface area contributed by atoms with E-state index in [2.05, 4.69) is 84.9 Å². The fraction of sp³-hybridized carbons (Fsp3) is 0.745. The maximum absolute atomic E-state index is 12.9. The lowest BCUT2D eigenvalue weighted by Crippen LogP contribution is -2.60. The summed E-state index contributed by atoms with van der Waals surface area (Å²) < 4.78 is 59.0. The van der Waals surface area contributed by atoms with Crippen molar-refractivity contribution in [2.45, 2.75) is 218 Å². The number of hydrogen-bond donors (Lipinski definition) is 4. The molecule has 6 atom stereocenters. The Labute approximate surface area is 388 Å². The minimum atomic E-state index is -5.08. The van der Waals surface area contributed by atoms with Crippen LogP contribution in [0.15, 0.2) is 72.9 Å². The van der Waals surface area contributed by atoms with Crippen molar-refractivity contribution in [1.29, 1.82) is 0 Å². The molecule has 0 radical (unpaired) electrons. The van der Waals surface area contributed by atoms with E-state index in [9.17, 15) is 33.1 Å². The SMILES string of the molecule is CC/C=C\C/C=C\C/C=C\C/C=C\C/C=C\CCOCC(COC1OC(CO)C(O)C(OS(=O)(=O)O)C1O)OC(=O)CCCCCCCCCCC/C=C\CCCCCCCCCC. The third-order valence-electron chi connectivity index (χ3n) is 10.8. The Balaban J connectivity index is 2.42. The van der Waals surface area contributed by atoms with Crippen LogP contribution in [-0.4, -0.2) is 97.5 Å². The van der Waals surface area contributed by atoms with E-state index >= 15 is 0 Å². The van der Waals surface area contributed by atoms with Gasteiger partial charge in [-0.1, -0.05) is 177 Å². The minimum absolute atomic E-state index is 0.0220. The highest BCUT2D eigenvalue weighted by molar-refractivity contribution is 7.80. The zero-order valence-corrected chi connectivity index (χ0v) is 40.4. The first-order chi connectivity index (χ1) is 31.1. The van der Waals surface area contributed by atoms with Gasteiger partial charge in [-0.3, -0.25) is 9.35 Å². The summed E-state index contributed by atoms with van der Waals surface area (Å²) in [7, 11) is -5.08. The second kappa shape index (κ2) is 41.9. The van der Waals surface area contributed by atoms with Crippen molar-refractivity contribution in [3.05, 3.63) is 72.9 Å². The van der Waals surface area contributed by atoms with Crippen LogP contribution in [0.2, 0.25) is 0 Å². The Morgan fingerprint density at radius 2 is 1.08 bits per heavy atom. The summed E-state index contributed by atoms with van der Waals surface area (Å²) in [5.74, 6) is -0.428. The monoisotopic (exact) mass is 925 g/mol. The van der Waals surface area contributed by atoms with E-state index < -0.39 is 59.8 Å². The van der Waals surface area contributed by atoms with Crippen LogP contribution in [0, 0.1) is 0 Å². The van der Waals surface area contributed by atoms with Crippen LogP contribution >= 0.6 is 0 Å². The summed E-state index contributed by atoms with van der Waals surface area (Å²) >= 11 is 0. The zero-order chi connectivity index (χ0) is 46.8. The number of carbonyl (C=O) groups excluding carboxylic acids is 1. The molecular formula is C51H88O12S.